The van der Waals surface area contributed by atoms with Crippen LogP contribution in [0.25, 0.3) is 44.1 Å². The number of ketones is 1. The summed E-state index contributed by atoms with van der Waals surface area (Å²) in [6.07, 6.45) is 22.4. The maximum atomic E-state index is 12.9. The van der Waals surface area contributed by atoms with Crippen LogP contribution in [-0.2, 0) is 74.0 Å². The number of rotatable bonds is 17. The topological polar surface area (TPSA) is 494 Å². The Morgan fingerprint density at radius 1 is 0.720 bits per heavy atom. The summed E-state index contributed by atoms with van der Waals surface area (Å²) in [5, 5.41) is 40.8. The minimum absolute atomic E-state index is 0. The van der Waals surface area contributed by atoms with Gasteiger partial charge in [-0.25, -0.2) is 59.2 Å². The number of halogens is 5. The number of alkyl halides is 1. The fourth-order valence-corrected chi connectivity index (χ4v) is 9.07. The van der Waals surface area contributed by atoms with Crippen molar-refractivity contribution in [3.05, 3.63) is 106 Å². The minimum atomic E-state index is -0.979. The Morgan fingerprint density at radius 2 is 1.27 bits per heavy atom. The van der Waals surface area contributed by atoms with Gasteiger partial charge in [0.25, 0.3) is 6.47 Å². The van der Waals surface area contributed by atoms with Crippen molar-refractivity contribution in [2.75, 3.05) is 35.2 Å². The van der Waals surface area contributed by atoms with Gasteiger partial charge in [0, 0.05) is 24.5 Å². The number of Topliss-reactive ketones (excluding diaryl/α,β-unsaturated/α-hetero) is 1. The summed E-state index contributed by atoms with van der Waals surface area (Å²) in [4.78, 5) is 130. The summed E-state index contributed by atoms with van der Waals surface area (Å²) in [5.74, 6) is -0.905. The summed E-state index contributed by atoms with van der Waals surface area (Å²) >= 11 is 21.0. The molecule has 0 unspecified atom stereocenters. The van der Waals surface area contributed by atoms with E-state index in [1.165, 1.54) is 72.3 Å². The van der Waals surface area contributed by atoms with Crippen LogP contribution in [0.4, 0.5) is 17.5 Å². The smallest absolute Gasteiger partial charge is 1.00 e. The average Bonchev–Trinajstić information content (AvgIpc) is 1.68. The summed E-state index contributed by atoms with van der Waals surface area (Å²) < 4.78 is 15.7. The number of amides is 2. The number of nitrogens with zero attached hydrogens (tertiary/aromatic N) is 19. The van der Waals surface area contributed by atoms with Crippen LogP contribution in [0.15, 0.2) is 90.2 Å². The third kappa shape index (κ3) is 30.0. The molecule has 100 heavy (non-hydrogen) atoms. The number of aromatic nitrogens is 19. The molecule has 2 aliphatic carbocycles. The molecule has 2 amide bonds. The number of hydrogen-bond donors (Lipinski definition) is 6. The molecule has 2 aliphatic rings. The number of aliphatic carboxylic acids is 1. The molecule has 0 bridgehead atoms. The van der Waals surface area contributed by atoms with Gasteiger partial charge in [-0.1, -0.05) is 39.1 Å². The van der Waals surface area contributed by atoms with Gasteiger partial charge in [-0.3, -0.25) is 48.6 Å². The summed E-state index contributed by atoms with van der Waals surface area (Å²) in [6, 6.07) is 2.42. The van der Waals surface area contributed by atoms with Gasteiger partial charge in [-0.05, 0) is 105 Å². The molecule has 0 atom stereocenters. The van der Waals surface area contributed by atoms with E-state index in [2.05, 4.69) is 144 Å². The Morgan fingerprint density at radius 3 is 1.83 bits per heavy atom. The molecule has 10 aromatic heterocycles. The first-order chi connectivity index (χ1) is 46.5. The van der Waals surface area contributed by atoms with Crippen LogP contribution in [0.3, 0.4) is 0 Å². The van der Waals surface area contributed by atoms with Gasteiger partial charge in [-0.2, -0.15) is 15.3 Å². The number of nitrogens with one attached hydrogen (secondary N) is 3. The number of nitrogens with two attached hydrogens (primary N) is 2. The first kappa shape index (κ1) is 86.1. The number of anilines is 3. The Labute approximate surface area is 690 Å². The largest absolute Gasteiger partial charge is 1.00 e. The van der Waals surface area contributed by atoms with E-state index >= 15 is 0 Å². The molecule has 12 rings (SSSR count). The Kier molecular flexibility index (Phi) is 36.5. The van der Waals surface area contributed by atoms with Crippen LogP contribution >= 0.6 is 71.0 Å². The zero-order valence-corrected chi connectivity index (χ0v) is 67.5. The quantitative estimate of drug-likeness (QED) is 0.0120. The van der Waals surface area contributed by atoms with Gasteiger partial charge < -0.3 is 57.7 Å². The third-order valence-corrected chi connectivity index (χ3v) is 14.0. The van der Waals surface area contributed by atoms with Crippen LogP contribution in [-0.4, -0.2) is 188 Å². The van der Waals surface area contributed by atoms with Gasteiger partial charge in [0.1, 0.15) is 105 Å². The van der Waals surface area contributed by atoms with Crippen molar-refractivity contribution in [2.24, 2.45) is 0 Å². The Hall–Kier alpha value is -6.27. The monoisotopic (exact) mass is 1660 g/mol. The van der Waals surface area contributed by atoms with Crippen molar-refractivity contribution < 1.29 is 162 Å². The van der Waals surface area contributed by atoms with Crippen LogP contribution in [0.1, 0.15) is 74.3 Å². The average molecular weight is 1670 g/mol. The van der Waals surface area contributed by atoms with Crippen molar-refractivity contribution in [3.8, 4) is 0 Å². The number of H-pyrrole nitrogens is 1. The molecule has 10 aromatic rings. The summed E-state index contributed by atoms with van der Waals surface area (Å²) in [5.41, 5.74) is 13.4. The predicted molar refractivity (Wildman–Crippen MR) is 363 cm³/mol. The zero-order chi connectivity index (χ0) is 71.7. The van der Waals surface area contributed by atoms with Gasteiger partial charge in [0.05, 0.1) is 77.4 Å². The molecule has 0 radical (unpaired) electrons. The molecular weight excluding hydrogens is 1600 g/mol. The fraction of sp³-hybridized carbons (Fsp3) is 0.368. The van der Waals surface area contributed by atoms with Gasteiger partial charge in [0.15, 0.2) is 28.5 Å². The molecule has 8 N–H and O–H groups in total. The molecule has 0 aromatic carbocycles. The van der Waals surface area contributed by atoms with E-state index in [1.54, 1.807) is 40.3 Å². The fourth-order valence-electron chi connectivity index (χ4n) is 7.94. The number of carbonyl (C=O) groups is 7. The van der Waals surface area contributed by atoms with Crippen LogP contribution in [0, 0.1) is 0 Å². The summed E-state index contributed by atoms with van der Waals surface area (Å²) in [7, 11) is 0. The van der Waals surface area contributed by atoms with Crippen LogP contribution in [0.2, 0.25) is 10.3 Å². The number of carbonyl (C=O) groups excluding carboxylic acids is 6. The number of hydrogen-bond acceptors (Lipinski definition) is 29. The molecule has 2 saturated carbocycles. The third-order valence-electron chi connectivity index (χ3n) is 12.2. The van der Waals surface area contributed by atoms with E-state index in [0.717, 1.165) is 18.2 Å². The van der Waals surface area contributed by atoms with Crippen LogP contribution in [0.5, 0.6) is 0 Å². The van der Waals surface area contributed by atoms with E-state index in [0.29, 0.717) is 100 Å². The van der Waals surface area contributed by atoms with Crippen molar-refractivity contribution in [2.45, 2.75) is 117 Å². The Bertz CT molecular complexity index is 4370. The SMILES string of the molecule is CC(C)(C)OC(=O)CBr.CC(C)(C)OC(=O)Cn1ncc2c(Cl)ncnc21.Clc1ncnc2[nH]ncc12.Nc1ncnc2c1ccn2CC(=O)N(CC(=O)Nc1cncc(Br)n1)C1CC1.Nc1ncnc2c1cnn2CC(=O)O.O=C(CNC1CC1)Cc1cncc(Br)n1.O=CO[O-].[H-].[K+].[K+]. The normalized spacial score (nSPS) is 11.9. The number of carboxylic acid groups (broad SMARTS) is 1. The number of fused-ring (bicyclic) bond motifs is 4. The molecular formula is C57H65Br3Cl2K2N24O12. The number of carboxylic acids is 1. The molecule has 36 nitrogen and oxygen atoms in total. The van der Waals surface area contributed by atoms with Gasteiger partial charge in [-0.15, -0.1) is 0 Å². The molecule has 0 saturated heterocycles. The number of ether oxygens (including phenoxy) is 2. The van der Waals surface area contributed by atoms with E-state index < -0.39 is 11.6 Å². The second-order valence-electron chi connectivity index (χ2n) is 22.4. The molecule has 43 heteroatoms. The van der Waals surface area contributed by atoms with Crippen molar-refractivity contribution in [1.82, 2.24) is 104 Å². The Balaban J connectivity index is 0.000000322. The molecule has 0 spiro atoms. The van der Waals surface area contributed by atoms with E-state index in [9.17, 15) is 28.8 Å². The molecule has 10 heterocycles. The number of aromatic amines is 1. The van der Waals surface area contributed by atoms with E-state index in [1.807, 2.05) is 41.5 Å². The number of nitrogen functional groups attached to an aromatic ring is 2. The standard InChI is InChI=1S/C17H17BrN8O2.C11H13ClN4O2.C10H12BrN3O.C7H7N5O2.C6H11BrO2.C5H3ClN4.CH2O3.2K.H/c18-12-5-20-6-13(23-12)24-14(27)7-26(10-1-2-10)15(28)8-25-4-3-11-16(19)21-9-22-17(11)25;1-11(2,3)18-8(17)5-16-10-7(4-15-16)9(12)13-6-14-10;11-10-6-12-4-8(14-10)3-9(15)5-13-7-1-2-7;8-6-4-1-11-12(2-5(13)14)7(4)10-3-9-6;1-6(2,3)9-5(8)4-7;6-4-3-1-9-10-5(3)8-2-7-4;2-1-4-3;;;/h3-6,9-10H,1-2,7-8H2,(H2,19,21,22)(H,23,24,27);4,6H,5H2,1-3H3;4,6-7,13H,1-3,5H2;1,3H,2H2,(H,13,14)(H2,8,9,10);4H2,1-3H3;1-2H,(H,7,8,9,10);1,3H;;;/q;;;;;;;2*+1;-1/p-1. The number of esters is 2. The maximum Gasteiger partial charge on any atom is 1.00 e. The molecule has 0 aliphatic heterocycles. The van der Waals surface area contributed by atoms with E-state index in [-0.39, 0.29) is 183 Å². The molecule has 2 fully saturated rings. The predicted octanol–water partition coefficient (Wildman–Crippen LogP) is -1.10. The zero-order valence-electron chi connectivity index (χ0n) is 56.0. The van der Waals surface area contributed by atoms with E-state index in [4.69, 9.17) is 59.3 Å². The van der Waals surface area contributed by atoms with Gasteiger partial charge >= 0.3 is 121 Å². The first-order valence-electron chi connectivity index (χ1n) is 28.9. The van der Waals surface area contributed by atoms with Crippen molar-refractivity contribution in [3.63, 3.8) is 0 Å². The van der Waals surface area contributed by atoms with Crippen LogP contribution < -0.4 is 130 Å². The molecule has 522 valence electrons. The summed E-state index contributed by atoms with van der Waals surface area (Å²) in [6.45, 7) is 11.0. The second-order valence-corrected chi connectivity index (χ2v) is 25.3. The minimum Gasteiger partial charge on any atom is -1.00 e. The van der Waals surface area contributed by atoms with Gasteiger partial charge in [0.2, 0.25) is 11.8 Å². The maximum absolute atomic E-state index is 12.9. The second kappa shape index (κ2) is 42.4. The first-order valence-corrected chi connectivity index (χ1v) is 32.3. The van der Waals surface area contributed by atoms with Crippen molar-refractivity contribution in [1.29, 1.82) is 0 Å². The van der Waals surface area contributed by atoms with Crippen molar-refractivity contribution >= 4 is 175 Å².